The molecule has 5 nitrogen and oxygen atoms in total. The normalized spacial score (nSPS) is 18.3. The molecule has 0 radical (unpaired) electrons. The van der Waals surface area contributed by atoms with Crippen LogP contribution in [0.25, 0.3) is 0 Å². The smallest absolute Gasteiger partial charge is 0.305 e. The first kappa shape index (κ1) is 15.2. The molecule has 0 aromatic carbocycles. The van der Waals surface area contributed by atoms with Crippen molar-refractivity contribution in [1.29, 1.82) is 0 Å². The van der Waals surface area contributed by atoms with Crippen LogP contribution in [0.2, 0.25) is 0 Å². The molecule has 1 aliphatic heterocycles. The summed E-state index contributed by atoms with van der Waals surface area (Å²) in [5.41, 5.74) is 0. The van der Waals surface area contributed by atoms with E-state index in [0.717, 1.165) is 18.6 Å². The van der Waals surface area contributed by atoms with Gasteiger partial charge in [0.15, 0.2) is 0 Å². The highest BCUT2D eigenvalue weighted by Gasteiger charge is 2.20. The van der Waals surface area contributed by atoms with Crippen LogP contribution >= 0.6 is 24.0 Å². The Bertz CT molecular complexity index is 323. The third-order valence-corrected chi connectivity index (χ3v) is 3.96. The molecule has 1 fully saturated rings. The Morgan fingerprint density at radius 2 is 2.44 bits per heavy atom. The van der Waals surface area contributed by atoms with Crippen LogP contribution in [0, 0.1) is 0 Å². The first-order valence-electron chi connectivity index (χ1n) is 5.88. The number of methoxy groups -OCH3 is 1. The van der Waals surface area contributed by atoms with Crippen molar-refractivity contribution in [2.45, 2.75) is 31.7 Å². The van der Waals surface area contributed by atoms with Gasteiger partial charge in [0.05, 0.1) is 7.11 Å². The molecular formula is C11H18N2O3S2. The van der Waals surface area contributed by atoms with Crippen LogP contribution in [0.5, 0.6) is 0 Å². The molecule has 102 valence electrons. The Kier molecular flexibility index (Phi) is 7.04. The molecule has 0 aliphatic carbocycles. The van der Waals surface area contributed by atoms with Crippen molar-refractivity contribution in [3.63, 3.8) is 0 Å². The molecule has 2 N–H and O–H groups in total. The number of nitrogens with one attached hydrogen (secondary N) is 2. The van der Waals surface area contributed by atoms with Gasteiger partial charge in [-0.15, -0.1) is 0 Å². The molecule has 0 bridgehead atoms. The van der Waals surface area contributed by atoms with Gasteiger partial charge in [-0.1, -0.05) is 24.0 Å². The number of amides is 1. The second kappa shape index (κ2) is 8.31. The second-order valence-electron chi connectivity index (χ2n) is 4.00. The van der Waals surface area contributed by atoms with Gasteiger partial charge < -0.3 is 15.4 Å². The zero-order valence-electron chi connectivity index (χ0n) is 10.4. The molecule has 1 atom stereocenters. The van der Waals surface area contributed by atoms with Crippen LogP contribution < -0.4 is 10.6 Å². The molecule has 1 aliphatic rings. The number of hydrogen-bond acceptors (Lipinski definition) is 5. The van der Waals surface area contributed by atoms with E-state index in [9.17, 15) is 9.59 Å². The number of ether oxygens (including phenoxy) is 1. The summed E-state index contributed by atoms with van der Waals surface area (Å²) < 4.78 is 5.25. The lowest BCUT2D eigenvalue weighted by Crippen LogP contribution is -2.37. The summed E-state index contributed by atoms with van der Waals surface area (Å²) in [6, 6.07) is 0.186. The lowest BCUT2D eigenvalue weighted by molar-refractivity contribution is -0.140. The van der Waals surface area contributed by atoms with E-state index < -0.39 is 0 Å². The number of carbonyl (C=O) groups is 2. The molecular weight excluding hydrogens is 272 g/mol. The fraction of sp³-hybridized carbons (Fsp3) is 0.727. The van der Waals surface area contributed by atoms with Gasteiger partial charge in [-0.3, -0.25) is 9.59 Å². The van der Waals surface area contributed by atoms with Gasteiger partial charge in [0.25, 0.3) is 0 Å². The van der Waals surface area contributed by atoms with Crippen molar-refractivity contribution in [3.05, 3.63) is 0 Å². The van der Waals surface area contributed by atoms with E-state index in [0.29, 0.717) is 23.7 Å². The van der Waals surface area contributed by atoms with Gasteiger partial charge in [-0.2, -0.15) is 0 Å². The highest BCUT2D eigenvalue weighted by atomic mass is 32.2. The van der Waals surface area contributed by atoms with Gasteiger partial charge >= 0.3 is 5.97 Å². The molecule has 1 rings (SSSR count). The lowest BCUT2D eigenvalue weighted by atomic mass is 10.2. The molecule has 1 heterocycles. The van der Waals surface area contributed by atoms with Crippen LogP contribution in [-0.4, -0.2) is 41.6 Å². The third-order valence-electron chi connectivity index (χ3n) is 2.56. The Labute approximate surface area is 116 Å². The summed E-state index contributed by atoms with van der Waals surface area (Å²) in [4.78, 5) is 21.8. The SMILES string of the molecule is COC(=O)CCCSC(=S)NCC1CCC(=O)N1. The van der Waals surface area contributed by atoms with E-state index >= 15 is 0 Å². The summed E-state index contributed by atoms with van der Waals surface area (Å²) in [6.07, 6.45) is 2.64. The predicted octanol–water partition coefficient (Wildman–Crippen LogP) is 0.826. The van der Waals surface area contributed by atoms with Crippen LogP contribution in [0.3, 0.4) is 0 Å². The van der Waals surface area contributed by atoms with Crippen molar-refractivity contribution < 1.29 is 14.3 Å². The van der Waals surface area contributed by atoms with E-state index in [4.69, 9.17) is 12.2 Å². The summed E-state index contributed by atoms with van der Waals surface area (Å²) in [5, 5.41) is 5.98. The van der Waals surface area contributed by atoms with E-state index in [1.54, 1.807) is 0 Å². The maximum atomic E-state index is 11.0. The number of thioether (sulfide) groups is 1. The minimum Gasteiger partial charge on any atom is -0.469 e. The summed E-state index contributed by atoms with van der Waals surface area (Å²) >= 11 is 6.66. The molecule has 0 saturated carbocycles. The average molecular weight is 290 g/mol. The van der Waals surface area contributed by atoms with Crippen molar-refractivity contribution in [2.24, 2.45) is 0 Å². The number of esters is 1. The average Bonchev–Trinajstić information content (AvgIpc) is 2.77. The molecule has 18 heavy (non-hydrogen) atoms. The number of carbonyl (C=O) groups excluding carboxylic acids is 2. The number of hydrogen-bond donors (Lipinski definition) is 2. The van der Waals surface area contributed by atoms with Gasteiger partial charge in [0.1, 0.15) is 4.32 Å². The zero-order chi connectivity index (χ0) is 13.4. The fourth-order valence-electron chi connectivity index (χ4n) is 1.57. The lowest BCUT2D eigenvalue weighted by Gasteiger charge is -2.12. The van der Waals surface area contributed by atoms with Crippen LogP contribution in [0.15, 0.2) is 0 Å². The summed E-state index contributed by atoms with van der Waals surface area (Å²) in [5.74, 6) is 0.708. The molecule has 0 aromatic heterocycles. The zero-order valence-corrected chi connectivity index (χ0v) is 12.0. The maximum absolute atomic E-state index is 11.0. The first-order chi connectivity index (χ1) is 8.61. The molecule has 7 heteroatoms. The summed E-state index contributed by atoms with van der Waals surface area (Å²) in [7, 11) is 1.39. The molecule has 1 unspecified atom stereocenters. The molecule has 0 spiro atoms. The third kappa shape index (κ3) is 6.20. The monoisotopic (exact) mass is 290 g/mol. The van der Waals surface area contributed by atoms with Crippen molar-refractivity contribution in [2.75, 3.05) is 19.4 Å². The van der Waals surface area contributed by atoms with Crippen molar-refractivity contribution in [1.82, 2.24) is 10.6 Å². The largest absolute Gasteiger partial charge is 0.469 e. The number of thiocarbonyl (C=S) groups is 1. The van der Waals surface area contributed by atoms with Gasteiger partial charge in [0.2, 0.25) is 5.91 Å². The van der Waals surface area contributed by atoms with Gasteiger partial charge in [-0.05, 0) is 12.8 Å². The Morgan fingerprint density at radius 1 is 1.67 bits per heavy atom. The topological polar surface area (TPSA) is 67.4 Å². The standard InChI is InChI=1S/C11H18N2O3S2/c1-16-10(15)3-2-6-18-11(17)12-7-8-4-5-9(14)13-8/h8H,2-7H2,1H3,(H,12,17)(H,13,14). The molecule has 0 aromatic rings. The molecule has 1 saturated heterocycles. The van der Waals surface area contributed by atoms with E-state index in [1.807, 2.05) is 0 Å². The second-order valence-corrected chi connectivity index (χ2v) is 5.77. The Hall–Kier alpha value is -0.820. The van der Waals surface area contributed by atoms with Crippen molar-refractivity contribution in [3.8, 4) is 0 Å². The minimum absolute atomic E-state index is 0.110. The van der Waals surface area contributed by atoms with Gasteiger partial charge in [0, 0.05) is 31.2 Å². The van der Waals surface area contributed by atoms with Gasteiger partial charge in [-0.25, -0.2) is 0 Å². The Morgan fingerprint density at radius 3 is 3.06 bits per heavy atom. The van der Waals surface area contributed by atoms with Crippen LogP contribution in [0.4, 0.5) is 0 Å². The maximum Gasteiger partial charge on any atom is 0.305 e. The minimum atomic E-state index is -0.192. The first-order valence-corrected chi connectivity index (χ1v) is 7.28. The quantitative estimate of drug-likeness (QED) is 0.429. The van der Waals surface area contributed by atoms with E-state index in [1.165, 1.54) is 18.9 Å². The van der Waals surface area contributed by atoms with E-state index in [-0.39, 0.29) is 17.9 Å². The van der Waals surface area contributed by atoms with E-state index in [2.05, 4.69) is 15.4 Å². The van der Waals surface area contributed by atoms with Crippen LogP contribution in [-0.2, 0) is 14.3 Å². The van der Waals surface area contributed by atoms with Crippen molar-refractivity contribution >= 4 is 40.2 Å². The molecule has 1 amide bonds. The van der Waals surface area contributed by atoms with Crippen LogP contribution in [0.1, 0.15) is 25.7 Å². The highest BCUT2D eigenvalue weighted by molar-refractivity contribution is 8.22. The summed E-state index contributed by atoms with van der Waals surface area (Å²) in [6.45, 7) is 0.675. The predicted molar refractivity (Wildman–Crippen MR) is 75.5 cm³/mol. The fourth-order valence-corrected chi connectivity index (χ4v) is 2.56. The number of rotatable bonds is 6. The Balaban J connectivity index is 2.00. The highest BCUT2D eigenvalue weighted by Crippen LogP contribution is 2.09.